The first-order valence-corrected chi connectivity index (χ1v) is 16.0. The Morgan fingerprint density at radius 3 is 2.33 bits per heavy atom. The summed E-state index contributed by atoms with van der Waals surface area (Å²) in [6.45, 7) is 7.02. The van der Waals surface area contributed by atoms with Crippen LogP contribution in [-0.2, 0) is 5.60 Å². The molecule has 2 unspecified atom stereocenters. The zero-order chi connectivity index (χ0) is 34.3. The predicted molar refractivity (Wildman–Crippen MR) is 175 cm³/mol. The van der Waals surface area contributed by atoms with Gasteiger partial charge in [-0.2, -0.15) is 30.2 Å². The van der Waals surface area contributed by atoms with E-state index in [1.807, 2.05) is 38.5 Å². The Labute approximate surface area is 271 Å². The molecule has 13 heteroatoms. The molecule has 1 aliphatic heterocycles. The molecule has 0 amide bonds. The number of rotatable bonds is 8. The van der Waals surface area contributed by atoms with Crippen molar-refractivity contribution in [2.24, 2.45) is 11.6 Å². The summed E-state index contributed by atoms with van der Waals surface area (Å²) in [4.78, 5) is 0. The van der Waals surface area contributed by atoms with E-state index in [2.05, 4.69) is 10.2 Å². The van der Waals surface area contributed by atoms with Crippen molar-refractivity contribution >= 4 is 28.4 Å². The maximum atomic E-state index is 15.7. The first-order chi connectivity index (χ1) is 21.8. The standard InChI is InChI=1S/C30H32F3N6O2.C2H6S.CH3F/c1-5-41-25-12-18(11-19-10-16(2)36-37-27(19)25)23(34)15-38(35)14-21-24-13-22(30(3,4)40)26(32)28(39(24)29(21)33)17-6-8-20(31)9-7-17;1-3-2;1-2/h6-13,15,21,29,40H,5,14,34-35H2,1-4H3;1-2H3;1H3/q+1;;/b23-15-;;. The third kappa shape index (κ3) is 7.88. The van der Waals surface area contributed by atoms with Crippen LogP contribution in [0.25, 0.3) is 27.9 Å². The van der Waals surface area contributed by atoms with Gasteiger partial charge in [0.2, 0.25) is 5.82 Å². The molecule has 0 radical (unpaired) electrons. The molecule has 2 atom stereocenters. The monoisotopic (exact) mass is 661 g/mol. The van der Waals surface area contributed by atoms with Crippen molar-refractivity contribution in [3.8, 4) is 17.0 Å². The smallest absolute Gasteiger partial charge is 0.314 e. The first-order valence-electron chi connectivity index (χ1n) is 14.4. The minimum absolute atomic E-state index is 0.00314. The number of thioether (sulfide) groups is 1. The second-order valence-electron chi connectivity index (χ2n) is 11.1. The van der Waals surface area contributed by atoms with Gasteiger partial charge in [-0.3, -0.25) is 4.39 Å². The van der Waals surface area contributed by atoms with Gasteiger partial charge in [0.15, 0.2) is 11.6 Å². The van der Waals surface area contributed by atoms with Crippen molar-refractivity contribution in [2.45, 2.75) is 45.5 Å². The van der Waals surface area contributed by atoms with E-state index in [1.54, 1.807) is 17.8 Å². The highest BCUT2D eigenvalue weighted by Gasteiger charge is 2.53. The number of aliphatic hydroxyl groups is 1. The van der Waals surface area contributed by atoms with E-state index in [9.17, 15) is 13.9 Å². The average molecular weight is 662 g/mol. The fraction of sp³-hybridized carbons (Fsp3) is 0.364. The Morgan fingerprint density at radius 1 is 1.11 bits per heavy atom. The number of nitrogens with two attached hydrogens (primary N) is 2. The average Bonchev–Trinajstić information content (AvgIpc) is 3.00. The van der Waals surface area contributed by atoms with Crippen LogP contribution in [0.1, 0.15) is 55.5 Å². The third-order valence-electron chi connectivity index (χ3n) is 7.11. The summed E-state index contributed by atoms with van der Waals surface area (Å²) in [6, 6.07) is 12.0. The van der Waals surface area contributed by atoms with Crippen molar-refractivity contribution in [3.05, 3.63) is 88.9 Å². The Morgan fingerprint density at radius 2 is 1.74 bits per heavy atom. The zero-order valence-corrected chi connectivity index (χ0v) is 27.8. The number of hydrazine groups is 1. The second kappa shape index (κ2) is 15.6. The number of pyridine rings is 1. The summed E-state index contributed by atoms with van der Waals surface area (Å²) in [5.41, 5.74) is 7.79. The van der Waals surface area contributed by atoms with E-state index in [0.717, 1.165) is 11.1 Å². The predicted octanol–water partition coefficient (Wildman–Crippen LogP) is 6.06. The lowest BCUT2D eigenvalue weighted by Crippen LogP contribution is -2.60. The third-order valence-corrected chi connectivity index (χ3v) is 7.11. The molecule has 4 aromatic rings. The molecular weight excluding hydrogens is 620 g/mol. The summed E-state index contributed by atoms with van der Waals surface area (Å²) in [6.07, 6.45) is 3.96. The topological polar surface area (TPSA) is 114 Å². The van der Waals surface area contributed by atoms with Crippen LogP contribution >= 0.6 is 11.8 Å². The van der Waals surface area contributed by atoms with Gasteiger partial charge in [0, 0.05) is 34.3 Å². The van der Waals surface area contributed by atoms with Crippen LogP contribution in [0.5, 0.6) is 5.75 Å². The number of fused-ring (bicyclic) bond motifs is 2. The van der Waals surface area contributed by atoms with Crippen molar-refractivity contribution in [1.82, 2.24) is 15.2 Å². The molecule has 0 aliphatic carbocycles. The SMILES string of the molecule is CCOc1cc(/C(N)=C/N(N)CC2c3cc(C(C)(C)O)c(F)c(-c4ccc(F)cc4)[n+]3C2F)cc2cc(C)nnc12.CF.CSC. The summed E-state index contributed by atoms with van der Waals surface area (Å²) < 4.78 is 61.4. The molecular formula is C33H41F4N6O2S+. The van der Waals surface area contributed by atoms with Crippen LogP contribution in [0.15, 0.2) is 54.7 Å². The van der Waals surface area contributed by atoms with E-state index in [4.69, 9.17) is 16.3 Å². The van der Waals surface area contributed by atoms with Crippen LogP contribution in [0, 0.1) is 18.6 Å². The Hall–Kier alpha value is -3.94. The number of benzene rings is 2. The summed E-state index contributed by atoms with van der Waals surface area (Å²) >= 11 is 1.75. The van der Waals surface area contributed by atoms with Gasteiger partial charge in [0.1, 0.15) is 17.1 Å². The highest BCUT2D eigenvalue weighted by molar-refractivity contribution is 7.97. The van der Waals surface area contributed by atoms with Gasteiger partial charge in [0.25, 0.3) is 5.69 Å². The van der Waals surface area contributed by atoms with Crippen molar-refractivity contribution in [2.75, 3.05) is 32.8 Å². The molecule has 2 aromatic heterocycles. The van der Waals surface area contributed by atoms with E-state index in [1.165, 1.54) is 60.0 Å². The van der Waals surface area contributed by atoms with Gasteiger partial charge in [-0.25, -0.2) is 10.2 Å². The van der Waals surface area contributed by atoms with Gasteiger partial charge in [-0.15, -0.1) is 5.10 Å². The first kappa shape index (κ1) is 36.5. The normalized spacial score (nSPS) is 15.5. The largest absolute Gasteiger partial charge is 0.491 e. The van der Waals surface area contributed by atoms with Crippen LogP contribution in [0.3, 0.4) is 0 Å². The maximum absolute atomic E-state index is 15.7. The number of alkyl halides is 2. The molecule has 1 aliphatic rings. The molecule has 248 valence electrons. The van der Waals surface area contributed by atoms with Crippen molar-refractivity contribution in [3.63, 3.8) is 0 Å². The number of aryl methyl sites for hydroxylation is 1. The molecule has 0 saturated heterocycles. The molecule has 0 fully saturated rings. The molecule has 3 heterocycles. The molecule has 0 saturated carbocycles. The van der Waals surface area contributed by atoms with Crippen LogP contribution in [0.2, 0.25) is 0 Å². The lowest BCUT2D eigenvalue weighted by molar-refractivity contribution is -0.791. The summed E-state index contributed by atoms with van der Waals surface area (Å²) in [5, 5.41) is 21.1. The molecule has 8 nitrogen and oxygen atoms in total. The number of nitrogens with zero attached hydrogens (tertiary/aromatic N) is 4. The van der Waals surface area contributed by atoms with Gasteiger partial charge in [-0.05, 0) is 82.7 Å². The minimum atomic E-state index is -1.62. The molecule has 5 rings (SSSR count). The molecule has 0 bridgehead atoms. The fourth-order valence-corrected chi connectivity index (χ4v) is 5.13. The van der Waals surface area contributed by atoms with E-state index >= 15 is 8.78 Å². The van der Waals surface area contributed by atoms with Crippen LogP contribution in [-0.4, -0.2) is 53.2 Å². The number of halogens is 4. The molecule has 0 spiro atoms. The number of hydrogen-bond acceptors (Lipinski definition) is 8. The summed E-state index contributed by atoms with van der Waals surface area (Å²) in [7, 11) is 0.500. The van der Waals surface area contributed by atoms with Crippen LogP contribution < -0.4 is 20.9 Å². The Balaban J connectivity index is 0.00000109. The van der Waals surface area contributed by atoms with E-state index < -0.39 is 29.4 Å². The van der Waals surface area contributed by atoms with Crippen molar-refractivity contribution in [1.29, 1.82) is 0 Å². The molecule has 5 N–H and O–H groups in total. The van der Waals surface area contributed by atoms with Crippen molar-refractivity contribution < 1.29 is 32.0 Å². The summed E-state index contributed by atoms with van der Waals surface area (Å²) in [5.74, 6) is 4.77. The van der Waals surface area contributed by atoms with Gasteiger partial charge in [0.05, 0.1) is 37.3 Å². The number of hydrogen-bond donors (Lipinski definition) is 3. The van der Waals surface area contributed by atoms with Crippen LogP contribution in [0.4, 0.5) is 17.6 Å². The van der Waals surface area contributed by atoms with Gasteiger partial charge >= 0.3 is 6.30 Å². The van der Waals surface area contributed by atoms with E-state index in [0.29, 0.717) is 42.0 Å². The minimum Gasteiger partial charge on any atom is -0.491 e. The van der Waals surface area contributed by atoms with Gasteiger partial charge in [-0.1, -0.05) is 0 Å². The fourth-order valence-electron chi connectivity index (χ4n) is 5.13. The Kier molecular flexibility index (Phi) is 12.4. The quantitative estimate of drug-likeness (QED) is 0.0904. The highest BCUT2D eigenvalue weighted by Crippen LogP contribution is 2.41. The second-order valence-corrected chi connectivity index (χ2v) is 11.9. The van der Waals surface area contributed by atoms with Gasteiger partial charge < -0.3 is 20.6 Å². The maximum Gasteiger partial charge on any atom is 0.314 e. The Bertz CT molecular complexity index is 1680. The zero-order valence-electron chi connectivity index (χ0n) is 27.0. The highest BCUT2D eigenvalue weighted by atomic mass is 32.2. The number of ether oxygens (including phenoxy) is 1. The lowest BCUT2D eigenvalue weighted by atomic mass is 9.86. The molecule has 2 aromatic carbocycles. The lowest BCUT2D eigenvalue weighted by Gasteiger charge is -2.33. The number of aromatic nitrogens is 3. The van der Waals surface area contributed by atoms with E-state index in [-0.39, 0.29) is 23.4 Å². The molecule has 46 heavy (non-hydrogen) atoms.